The Kier molecular flexibility index (Phi) is 4.98. The second-order valence-electron chi connectivity index (χ2n) is 7.34. The summed E-state index contributed by atoms with van der Waals surface area (Å²) in [7, 11) is 1.90. The molecule has 5 rings (SSSR count). The molecule has 0 saturated heterocycles. The van der Waals surface area contributed by atoms with Crippen molar-refractivity contribution < 1.29 is 9.18 Å². The fraction of sp³-hybridized carbons (Fsp3) is 0.0435. The van der Waals surface area contributed by atoms with E-state index in [4.69, 9.17) is 11.5 Å². The number of thiophene rings is 1. The van der Waals surface area contributed by atoms with E-state index in [0.717, 1.165) is 26.4 Å². The molecule has 33 heavy (non-hydrogen) atoms. The van der Waals surface area contributed by atoms with Gasteiger partial charge in [-0.05, 0) is 36.4 Å². The lowest BCUT2D eigenvalue weighted by atomic mass is 10.1. The SMILES string of the molecule is Cn1cnc(-c2cccc(N(C(N)=O)c3cccc(F)c3)c2)c1-c1cc2c(N)ncnc2s1. The minimum atomic E-state index is -0.724. The number of nitrogens with two attached hydrogens (primary N) is 2. The second kappa shape index (κ2) is 7.99. The van der Waals surface area contributed by atoms with Gasteiger partial charge < -0.3 is 16.0 Å². The summed E-state index contributed by atoms with van der Waals surface area (Å²) < 4.78 is 15.7. The van der Waals surface area contributed by atoms with Crippen molar-refractivity contribution in [2.24, 2.45) is 12.8 Å². The summed E-state index contributed by atoms with van der Waals surface area (Å²) in [6.07, 6.45) is 3.16. The number of hydrogen-bond donors (Lipinski definition) is 2. The Morgan fingerprint density at radius 3 is 2.55 bits per heavy atom. The Hall–Kier alpha value is -4.31. The first-order chi connectivity index (χ1) is 15.9. The average molecular weight is 460 g/mol. The number of carbonyl (C=O) groups excluding carboxylic acids is 1. The van der Waals surface area contributed by atoms with Crippen molar-refractivity contribution >= 4 is 44.8 Å². The number of hydrogen-bond acceptors (Lipinski definition) is 6. The zero-order valence-electron chi connectivity index (χ0n) is 17.4. The molecule has 2 aromatic carbocycles. The number of anilines is 3. The maximum absolute atomic E-state index is 13.8. The Morgan fingerprint density at radius 1 is 1.06 bits per heavy atom. The summed E-state index contributed by atoms with van der Waals surface area (Å²) in [4.78, 5) is 28.2. The van der Waals surface area contributed by atoms with Crippen LogP contribution in [0.25, 0.3) is 32.0 Å². The van der Waals surface area contributed by atoms with E-state index in [1.165, 1.54) is 40.8 Å². The third kappa shape index (κ3) is 3.66. The number of nitrogen functional groups attached to an aromatic ring is 1. The van der Waals surface area contributed by atoms with E-state index in [1.54, 1.807) is 30.6 Å². The smallest absolute Gasteiger partial charge is 0.323 e. The lowest BCUT2D eigenvalue weighted by Crippen LogP contribution is -2.31. The van der Waals surface area contributed by atoms with Crippen LogP contribution in [0.15, 0.2) is 67.3 Å². The number of aromatic nitrogens is 4. The van der Waals surface area contributed by atoms with Crippen LogP contribution in [0.5, 0.6) is 0 Å². The Labute approximate surface area is 191 Å². The molecule has 0 aliphatic carbocycles. The molecule has 0 aliphatic heterocycles. The maximum Gasteiger partial charge on any atom is 0.323 e. The minimum absolute atomic E-state index is 0.333. The predicted molar refractivity (Wildman–Crippen MR) is 128 cm³/mol. The molecule has 0 saturated carbocycles. The molecule has 4 N–H and O–H groups in total. The van der Waals surface area contributed by atoms with Crippen LogP contribution in [0, 0.1) is 5.82 Å². The van der Waals surface area contributed by atoms with Gasteiger partial charge in [0.05, 0.1) is 39.4 Å². The van der Waals surface area contributed by atoms with Crippen LogP contribution < -0.4 is 16.4 Å². The highest BCUT2D eigenvalue weighted by Gasteiger charge is 2.20. The fourth-order valence-electron chi connectivity index (χ4n) is 3.73. The highest BCUT2D eigenvalue weighted by atomic mass is 32.1. The molecule has 0 radical (unpaired) electrons. The van der Waals surface area contributed by atoms with Crippen LogP contribution in [0.1, 0.15) is 0 Å². The molecule has 5 aromatic rings. The van der Waals surface area contributed by atoms with E-state index >= 15 is 0 Å². The number of imidazole rings is 1. The van der Waals surface area contributed by atoms with Gasteiger partial charge in [-0.2, -0.15) is 0 Å². The van der Waals surface area contributed by atoms with Crippen LogP contribution >= 0.6 is 11.3 Å². The van der Waals surface area contributed by atoms with Crippen LogP contribution in [0.3, 0.4) is 0 Å². The molecule has 0 unspecified atom stereocenters. The molecule has 10 heteroatoms. The molecule has 0 spiro atoms. The van der Waals surface area contributed by atoms with Crippen molar-refractivity contribution in [2.75, 3.05) is 10.6 Å². The fourth-order valence-corrected chi connectivity index (χ4v) is 4.83. The number of fused-ring (bicyclic) bond motifs is 1. The first-order valence-electron chi connectivity index (χ1n) is 9.89. The van der Waals surface area contributed by atoms with Crippen LogP contribution in [-0.2, 0) is 7.05 Å². The Morgan fingerprint density at radius 2 is 1.82 bits per heavy atom. The molecule has 164 valence electrons. The van der Waals surface area contributed by atoms with Crippen molar-refractivity contribution in [1.29, 1.82) is 0 Å². The number of benzene rings is 2. The van der Waals surface area contributed by atoms with E-state index in [9.17, 15) is 9.18 Å². The molecule has 2 amide bonds. The topological polar surface area (TPSA) is 116 Å². The zero-order valence-corrected chi connectivity index (χ0v) is 18.3. The molecule has 0 aliphatic rings. The first kappa shape index (κ1) is 20.6. The molecule has 8 nitrogen and oxygen atoms in total. The largest absolute Gasteiger partial charge is 0.383 e. The second-order valence-corrected chi connectivity index (χ2v) is 8.38. The van der Waals surface area contributed by atoms with Crippen molar-refractivity contribution in [2.45, 2.75) is 0 Å². The Bertz CT molecular complexity index is 1510. The molecular formula is C23H18FN7OS. The van der Waals surface area contributed by atoms with Gasteiger partial charge in [-0.3, -0.25) is 4.90 Å². The summed E-state index contributed by atoms with van der Waals surface area (Å²) in [5.41, 5.74) is 14.8. The first-order valence-corrected chi connectivity index (χ1v) is 10.7. The van der Waals surface area contributed by atoms with Crippen molar-refractivity contribution in [1.82, 2.24) is 19.5 Å². The monoisotopic (exact) mass is 459 g/mol. The van der Waals surface area contributed by atoms with Gasteiger partial charge in [0, 0.05) is 12.6 Å². The van der Waals surface area contributed by atoms with Gasteiger partial charge in [0.2, 0.25) is 0 Å². The number of amides is 2. The van der Waals surface area contributed by atoms with Gasteiger partial charge in [-0.1, -0.05) is 18.2 Å². The standard InChI is InChI=1S/C23H18FN7OS/c1-30-12-29-19(20(30)18-10-17-21(25)27-11-28-22(17)33-18)13-4-2-6-15(8-13)31(23(26)32)16-7-3-5-14(24)9-16/h2-12H,1H3,(H2,26,32)(H2,25,27,28). The molecule has 3 aromatic heterocycles. The average Bonchev–Trinajstić information content (AvgIpc) is 3.38. The summed E-state index contributed by atoms with van der Waals surface area (Å²) in [6.45, 7) is 0. The van der Waals surface area contributed by atoms with Gasteiger partial charge in [-0.15, -0.1) is 11.3 Å². The van der Waals surface area contributed by atoms with Crippen molar-refractivity contribution in [3.05, 3.63) is 73.1 Å². The van der Waals surface area contributed by atoms with Gasteiger partial charge in [-0.25, -0.2) is 24.1 Å². The third-order valence-electron chi connectivity index (χ3n) is 5.20. The molecule has 3 heterocycles. The summed E-state index contributed by atoms with van der Waals surface area (Å²) in [5.74, 6) is -0.0468. The van der Waals surface area contributed by atoms with Crippen molar-refractivity contribution in [3.8, 4) is 21.8 Å². The number of primary amides is 1. The van der Waals surface area contributed by atoms with E-state index < -0.39 is 11.8 Å². The number of urea groups is 1. The third-order valence-corrected chi connectivity index (χ3v) is 6.25. The van der Waals surface area contributed by atoms with E-state index in [1.807, 2.05) is 23.7 Å². The quantitative estimate of drug-likeness (QED) is 0.404. The van der Waals surface area contributed by atoms with Gasteiger partial charge in [0.1, 0.15) is 22.8 Å². The van der Waals surface area contributed by atoms with Gasteiger partial charge >= 0.3 is 6.03 Å². The molecular weight excluding hydrogens is 441 g/mol. The summed E-state index contributed by atoms with van der Waals surface area (Å²) in [5, 5.41) is 0.782. The van der Waals surface area contributed by atoms with E-state index in [-0.39, 0.29) is 0 Å². The highest BCUT2D eigenvalue weighted by Crippen LogP contribution is 2.39. The van der Waals surface area contributed by atoms with Gasteiger partial charge in [0.15, 0.2) is 0 Å². The minimum Gasteiger partial charge on any atom is -0.383 e. The van der Waals surface area contributed by atoms with E-state index in [0.29, 0.717) is 22.9 Å². The number of rotatable bonds is 4. The Balaban J connectivity index is 1.62. The number of halogens is 1. The zero-order chi connectivity index (χ0) is 23.1. The molecule has 0 bridgehead atoms. The molecule has 0 atom stereocenters. The lowest BCUT2D eigenvalue weighted by Gasteiger charge is -2.21. The van der Waals surface area contributed by atoms with Gasteiger partial charge in [0.25, 0.3) is 0 Å². The molecule has 0 fully saturated rings. The number of aryl methyl sites for hydroxylation is 1. The van der Waals surface area contributed by atoms with Crippen LogP contribution in [-0.4, -0.2) is 25.6 Å². The lowest BCUT2D eigenvalue weighted by molar-refractivity contribution is 0.256. The normalized spacial score (nSPS) is 11.1. The van der Waals surface area contributed by atoms with Crippen LogP contribution in [0.2, 0.25) is 0 Å². The number of nitrogens with zero attached hydrogens (tertiary/aromatic N) is 5. The van der Waals surface area contributed by atoms with E-state index in [2.05, 4.69) is 15.0 Å². The van der Waals surface area contributed by atoms with Crippen LogP contribution in [0.4, 0.5) is 26.4 Å². The van der Waals surface area contributed by atoms with Crippen molar-refractivity contribution in [3.63, 3.8) is 0 Å². The number of carbonyl (C=O) groups is 1. The highest BCUT2D eigenvalue weighted by molar-refractivity contribution is 7.21. The summed E-state index contributed by atoms with van der Waals surface area (Å²) >= 11 is 1.49. The maximum atomic E-state index is 13.8. The summed E-state index contributed by atoms with van der Waals surface area (Å²) in [6, 6.07) is 14.1. The predicted octanol–water partition coefficient (Wildman–Crippen LogP) is 4.70.